The summed E-state index contributed by atoms with van der Waals surface area (Å²) in [7, 11) is 0. The molecule has 2 aliphatic carbocycles. The quantitative estimate of drug-likeness (QED) is 0.795. The van der Waals surface area contributed by atoms with Crippen LogP contribution < -0.4 is 5.32 Å². The molecule has 1 unspecified atom stereocenters. The van der Waals surface area contributed by atoms with E-state index in [1.165, 1.54) is 25.7 Å². The van der Waals surface area contributed by atoms with E-state index >= 15 is 0 Å². The molecule has 1 atom stereocenters. The minimum atomic E-state index is 0.359. The Balaban J connectivity index is 1.94. The van der Waals surface area contributed by atoms with E-state index in [1.807, 2.05) is 0 Å². The van der Waals surface area contributed by atoms with Crippen molar-refractivity contribution in [3.63, 3.8) is 0 Å². The molecule has 2 aliphatic rings. The molecular weight excluding hydrogens is 194 g/mol. The Morgan fingerprint density at radius 1 is 1.12 bits per heavy atom. The Kier molecular flexibility index (Phi) is 2.32. The number of nitrogens with one attached hydrogen (secondary N) is 1. The van der Waals surface area contributed by atoms with Gasteiger partial charge in [0.05, 0.1) is 0 Å². The Morgan fingerprint density at radius 2 is 1.88 bits per heavy atom. The summed E-state index contributed by atoms with van der Waals surface area (Å²) in [5.41, 5.74) is 3.46. The fourth-order valence-electron chi connectivity index (χ4n) is 2.92. The lowest BCUT2D eigenvalue weighted by molar-refractivity contribution is 0.357. The molecule has 1 aromatic carbocycles. The van der Waals surface area contributed by atoms with E-state index in [4.69, 9.17) is 0 Å². The van der Waals surface area contributed by atoms with E-state index in [0.29, 0.717) is 11.5 Å². The van der Waals surface area contributed by atoms with Crippen LogP contribution in [-0.4, -0.2) is 6.04 Å². The Bertz CT molecular complexity index is 390. The average Bonchev–Trinajstić information content (AvgIpc) is 3.07. The molecule has 16 heavy (non-hydrogen) atoms. The van der Waals surface area contributed by atoms with Crippen molar-refractivity contribution in [2.45, 2.75) is 57.0 Å². The Morgan fingerprint density at radius 3 is 2.62 bits per heavy atom. The number of fused-ring (bicyclic) bond motifs is 1. The van der Waals surface area contributed by atoms with E-state index < -0.39 is 0 Å². The van der Waals surface area contributed by atoms with Gasteiger partial charge in [-0.3, -0.25) is 0 Å². The lowest BCUT2D eigenvalue weighted by Gasteiger charge is -2.37. The first-order chi connectivity index (χ1) is 7.67. The summed E-state index contributed by atoms with van der Waals surface area (Å²) in [6.07, 6.45) is 5.35. The van der Waals surface area contributed by atoms with Crippen LogP contribution in [0.5, 0.6) is 0 Å². The highest BCUT2D eigenvalue weighted by atomic mass is 15.0. The summed E-state index contributed by atoms with van der Waals surface area (Å²) < 4.78 is 0. The third-order valence-corrected chi connectivity index (χ3v) is 4.14. The minimum absolute atomic E-state index is 0.359. The summed E-state index contributed by atoms with van der Waals surface area (Å²) in [5.74, 6) is 0. The van der Waals surface area contributed by atoms with Gasteiger partial charge in [-0.1, -0.05) is 38.1 Å². The fraction of sp³-hybridized carbons (Fsp3) is 0.600. The molecule has 1 saturated carbocycles. The topological polar surface area (TPSA) is 12.0 Å². The van der Waals surface area contributed by atoms with Gasteiger partial charge in [-0.15, -0.1) is 0 Å². The smallest absolute Gasteiger partial charge is 0.0325 e. The van der Waals surface area contributed by atoms with Gasteiger partial charge in [-0.25, -0.2) is 0 Å². The zero-order chi connectivity index (χ0) is 11.2. The second kappa shape index (κ2) is 3.59. The standard InChI is InChI=1S/C15H21N/c1-15(2)10-9-14(16-11-7-8-11)12-5-3-4-6-13(12)15/h3-6,11,14,16H,7-10H2,1-2H3. The van der Waals surface area contributed by atoms with Gasteiger partial charge in [0, 0.05) is 12.1 Å². The first-order valence-electron chi connectivity index (χ1n) is 6.52. The van der Waals surface area contributed by atoms with Crippen LogP contribution in [-0.2, 0) is 5.41 Å². The first-order valence-corrected chi connectivity index (χ1v) is 6.52. The summed E-state index contributed by atoms with van der Waals surface area (Å²) >= 11 is 0. The van der Waals surface area contributed by atoms with E-state index in [2.05, 4.69) is 43.4 Å². The molecule has 0 bridgehead atoms. The van der Waals surface area contributed by atoms with E-state index in [0.717, 1.165) is 6.04 Å². The lowest BCUT2D eigenvalue weighted by Crippen LogP contribution is -2.33. The molecule has 1 fully saturated rings. The zero-order valence-electron chi connectivity index (χ0n) is 10.3. The van der Waals surface area contributed by atoms with Gasteiger partial charge in [0.25, 0.3) is 0 Å². The SMILES string of the molecule is CC1(C)CCC(NC2CC2)c2ccccc21. The molecule has 1 heteroatoms. The summed E-state index contributed by atoms with van der Waals surface area (Å²) in [6.45, 7) is 4.75. The largest absolute Gasteiger partial charge is 0.307 e. The van der Waals surface area contributed by atoms with Crippen molar-refractivity contribution in [3.05, 3.63) is 35.4 Å². The zero-order valence-corrected chi connectivity index (χ0v) is 10.3. The van der Waals surface area contributed by atoms with Crippen LogP contribution in [0.1, 0.15) is 56.7 Å². The van der Waals surface area contributed by atoms with Crippen LogP contribution in [0.15, 0.2) is 24.3 Å². The van der Waals surface area contributed by atoms with Crippen molar-refractivity contribution in [2.24, 2.45) is 0 Å². The van der Waals surface area contributed by atoms with Crippen LogP contribution in [0.25, 0.3) is 0 Å². The summed E-state index contributed by atoms with van der Waals surface area (Å²) in [6, 6.07) is 10.4. The number of hydrogen-bond donors (Lipinski definition) is 1. The molecule has 0 saturated heterocycles. The molecule has 0 spiro atoms. The highest BCUT2D eigenvalue weighted by Gasteiger charge is 2.34. The van der Waals surface area contributed by atoms with Crippen molar-refractivity contribution in [3.8, 4) is 0 Å². The highest BCUT2D eigenvalue weighted by Crippen LogP contribution is 2.42. The second-order valence-electron chi connectivity index (χ2n) is 6.00. The van der Waals surface area contributed by atoms with Gasteiger partial charge in [0.15, 0.2) is 0 Å². The Labute approximate surface area is 98.3 Å². The summed E-state index contributed by atoms with van der Waals surface area (Å²) in [5, 5.41) is 3.79. The Hall–Kier alpha value is -0.820. The normalized spacial score (nSPS) is 27.5. The molecule has 3 rings (SSSR count). The van der Waals surface area contributed by atoms with E-state index in [9.17, 15) is 0 Å². The third kappa shape index (κ3) is 1.78. The minimum Gasteiger partial charge on any atom is -0.307 e. The third-order valence-electron chi connectivity index (χ3n) is 4.14. The van der Waals surface area contributed by atoms with Crippen LogP contribution in [0.2, 0.25) is 0 Å². The predicted octanol–water partition coefficient (Wildman–Crippen LogP) is 3.55. The molecule has 0 aliphatic heterocycles. The lowest BCUT2D eigenvalue weighted by atomic mass is 9.71. The van der Waals surface area contributed by atoms with Crippen LogP contribution in [0.3, 0.4) is 0 Å². The van der Waals surface area contributed by atoms with Gasteiger partial charge in [0.2, 0.25) is 0 Å². The molecule has 1 N–H and O–H groups in total. The molecule has 86 valence electrons. The maximum atomic E-state index is 3.79. The van der Waals surface area contributed by atoms with Crippen molar-refractivity contribution >= 4 is 0 Å². The van der Waals surface area contributed by atoms with E-state index in [1.54, 1.807) is 11.1 Å². The number of hydrogen-bond acceptors (Lipinski definition) is 1. The van der Waals surface area contributed by atoms with Gasteiger partial charge in [-0.2, -0.15) is 0 Å². The van der Waals surface area contributed by atoms with Gasteiger partial charge in [-0.05, 0) is 42.2 Å². The van der Waals surface area contributed by atoms with Crippen molar-refractivity contribution in [1.82, 2.24) is 5.32 Å². The molecule has 0 amide bonds. The van der Waals surface area contributed by atoms with Crippen molar-refractivity contribution in [1.29, 1.82) is 0 Å². The first kappa shape index (κ1) is 10.3. The molecule has 0 heterocycles. The summed E-state index contributed by atoms with van der Waals surface area (Å²) in [4.78, 5) is 0. The van der Waals surface area contributed by atoms with E-state index in [-0.39, 0.29) is 0 Å². The van der Waals surface area contributed by atoms with Crippen molar-refractivity contribution < 1.29 is 0 Å². The maximum absolute atomic E-state index is 3.79. The molecule has 1 nitrogen and oxygen atoms in total. The molecule has 0 aromatic heterocycles. The van der Waals surface area contributed by atoms with Crippen LogP contribution >= 0.6 is 0 Å². The fourth-order valence-corrected chi connectivity index (χ4v) is 2.92. The predicted molar refractivity (Wildman–Crippen MR) is 67.6 cm³/mol. The van der Waals surface area contributed by atoms with Crippen molar-refractivity contribution in [2.75, 3.05) is 0 Å². The highest BCUT2D eigenvalue weighted by molar-refractivity contribution is 5.38. The average molecular weight is 215 g/mol. The molecule has 1 aromatic rings. The van der Waals surface area contributed by atoms with Gasteiger partial charge < -0.3 is 5.32 Å². The number of rotatable bonds is 2. The second-order valence-corrected chi connectivity index (χ2v) is 6.00. The van der Waals surface area contributed by atoms with Gasteiger partial charge in [0.1, 0.15) is 0 Å². The number of benzene rings is 1. The van der Waals surface area contributed by atoms with Gasteiger partial charge >= 0.3 is 0 Å². The monoisotopic (exact) mass is 215 g/mol. The molecule has 0 radical (unpaired) electrons. The van der Waals surface area contributed by atoms with Crippen LogP contribution in [0, 0.1) is 0 Å². The maximum Gasteiger partial charge on any atom is 0.0325 e. The van der Waals surface area contributed by atoms with Crippen LogP contribution in [0.4, 0.5) is 0 Å². The molecular formula is C15H21N.